The molecule has 2 heterocycles. The van der Waals surface area contributed by atoms with E-state index in [1.54, 1.807) is 23.1 Å². The maximum Gasteiger partial charge on any atom is 0.225 e. The highest BCUT2D eigenvalue weighted by Crippen LogP contribution is 2.30. The van der Waals surface area contributed by atoms with Crippen LogP contribution < -0.4 is 5.73 Å². The molecule has 160 valence electrons. The molecule has 0 atom stereocenters. The van der Waals surface area contributed by atoms with Gasteiger partial charge in [0.25, 0.3) is 0 Å². The maximum atomic E-state index is 12.8. The van der Waals surface area contributed by atoms with Gasteiger partial charge >= 0.3 is 0 Å². The second-order valence-electron chi connectivity index (χ2n) is 7.63. The van der Waals surface area contributed by atoms with Crippen LogP contribution in [0.1, 0.15) is 31.2 Å². The zero-order valence-corrected chi connectivity index (χ0v) is 18.3. The summed E-state index contributed by atoms with van der Waals surface area (Å²) in [6.45, 7) is 1.63. The smallest absolute Gasteiger partial charge is 0.225 e. The summed E-state index contributed by atoms with van der Waals surface area (Å²) in [5, 5.41) is 0.649. The molecule has 0 aliphatic carbocycles. The Balaban J connectivity index is 1.56. The molecule has 2 fully saturated rings. The van der Waals surface area contributed by atoms with Crippen molar-refractivity contribution in [2.24, 2.45) is 17.6 Å². The van der Waals surface area contributed by atoms with Gasteiger partial charge in [-0.2, -0.15) is 0 Å². The lowest BCUT2D eigenvalue weighted by Crippen LogP contribution is -2.47. The number of halogens is 2. The Morgan fingerprint density at radius 2 is 1.48 bits per heavy atom. The van der Waals surface area contributed by atoms with Crippen molar-refractivity contribution in [2.75, 3.05) is 26.2 Å². The molecule has 7 nitrogen and oxygen atoms in total. The quantitative estimate of drug-likeness (QED) is 0.726. The van der Waals surface area contributed by atoms with Crippen LogP contribution >= 0.6 is 23.2 Å². The number of nitrogens with two attached hydrogens (primary N) is 1. The van der Waals surface area contributed by atoms with Crippen molar-refractivity contribution in [3.63, 3.8) is 0 Å². The summed E-state index contributed by atoms with van der Waals surface area (Å²) >= 11 is 12.2. The highest BCUT2D eigenvalue weighted by Gasteiger charge is 2.35. The predicted octanol–water partition coefficient (Wildman–Crippen LogP) is 2.26. The summed E-state index contributed by atoms with van der Waals surface area (Å²) in [7, 11) is -3.58. The number of nitrogens with zero attached hydrogens (tertiary/aromatic N) is 2. The summed E-state index contributed by atoms with van der Waals surface area (Å²) in [4.78, 5) is 25.8. The molecular weight excluding hydrogens is 437 g/mol. The van der Waals surface area contributed by atoms with E-state index in [0.29, 0.717) is 67.5 Å². The first-order valence-electron chi connectivity index (χ1n) is 9.68. The number of likely N-dealkylation sites (tertiary alicyclic amines) is 1. The number of amides is 2. The molecule has 0 radical (unpaired) electrons. The minimum atomic E-state index is -3.58. The SMILES string of the molecule is NC(=O)C1CCN(C(=O)C2CCN(S(=O)(=O)Cc3c(Cl)cccc3Cl)CC2)CC1. The zero-order chi connectivity index (χ0) is 21.2. The van der Waals surface area contributed by atoms with Crippen LogP contribution in [0.3, 0.4) is 0 Å². The third-order valence-corrected chi connectivity index (χ3v) is 8.31. The summed E-state index contributed by atoms with van der Waals surface area (Å²) in [6.07, 6.45) is 2.13. The molecule has 29 heavy (non-hydrogen) atoms. The Labute approximate surface area is 181 Å². The van der Waals surface area contributed by atoms with Gasteiger partial charge < -0.3 is 10.6 Å². The van der Waals surface area contributed by atoms with Crippen LogP contribution in [0, 0.1) is 11.8 Å². The van der Waals surface area contributed by atoms with Crippen molar-refractivity contribution in [3.8, 4) is 0 Å². The normalized spacial score (nSPS) is 20.0. The van der Waals surface area contributed by atoms with Crippen molar-refractivity contribution in [1.29, 1.82) is 0 Å². The van der Waals surface area contributed by atoms with Crippen LogP contribution in [0.5, 0.6) is 0 Å². The number of hydrogen-bond donors (Lipinski definition) is 1. The molecule has 2 amide bonds. The van der Waals surface area contributed by atoms with E-state index in [9.17, 15) is 18.0 Å². The lowest BCUT2D eigenvalue weighted by Gasteiger charge is -2.36. The molecule has 2 N–H and O–H groups in total. The van der Waals surface area contributed by atoms with E-state index in [-0.39, 0.29) is 29.4 Å². The third-order valence-electron chi connectivity index (χ3n) is 5.79. The average Bonchev–Trinajstić information content (AvgIpc) is 2.70. The van der Waals surface area contributed by atoms with Gasteiger partial charge in [-0.15, -0.1) is 0 Å². The van der Waals surface area contributed by atoms with Gasteiger partial charge in [-0.1, -0.05) is 29.3 Å². The largest absolute Gasteiger partial charge is 0.369 e. The number of benzene rings is 1. The van der Waals surface area contributed by atoms with Crippen LogP contribution in [-0.4, -0.2) is 55.6 Å². The van der Waals surface area contributed by atoms with Crippen molar-refractivity contribution in [3.05, 3.63) is 33.8 Å². The molecule has 1 aromatic rings. The number of hydrogen-bond acceptors (Lipinski definition) is 4. The van der Waals surface area contributed by atoms with E-state index in [2.05, 4.69) is 0 Å². The van der Waals surface area contributed by atoms with Gasteiger partial charge in [0.15, 0.2) is 0 Å². The second-order valence-corrected chi connectivity index (χ2v) is 10.4. The molecule has 2 saturated heterocycles. The van der Waals surface area contributed by atoms with Gasteiger partial charge in [-0.25, -0.2) is 12.7 Å². The van der Waals surface area contributed by atoms with Gasteiger partial charge in [-0.3, -0.25) is 9.59 Å². The molecule has 0 saturated carbocycles. The molecule has 2 aliphatic heterocycles. The van der Waals surface area contributed by atoms with Crippen molar-refractivity contribution < 1.29 is 18.0 Å². The Morgan fingerprint density at radius 1 is 0.966 bits per heavy atom. The van der Waals surface area contributed by atoms with E-state index in [0.717, 1.165) is 0 Å². The van der Waals surface area contributed by atoms with Crippen molar-refractivity contribution in [2.45, 2.75) is 31.4 Å². The molecule has 1 aromatic carbocycles. The maximum absolute atomic E-state index is 12.8. The lowest BCUT2D eigenvalue weighted by molar-refractivity contribution is -0.139. The first-order chi connectivity index (χ1) is 13.7. The van der Waals surface area contributed by atoms with E-state index in [1.807, 2.05) is 0 Å². The van der Waals surface area contributed by atoms with Crippen LogP contribution in [0.2, 0.25) is 10.0 Å². The Kier molecular flexibility index (Phi) is 7.09. The Bertz CT molecular complexity index is 857. The summed E-state index contributed by atoms with van der Waals surface area (Å²) < 4.78 is 27.0. The highest BCUT2D eigenvalue weighted by atomic mass is 35.5. The average molecular weight is 462 g/mol. The van der Waals surface area contributed by atoms with Gasteiger partial charge in [0.05, 0.1) is 5.75 Å². The van der Waals surface area contributed by atoms with Crippen LogP contribution in [0.4, 0.5) is 0 Å². The number of sulfonamides is 1. The fourth-order valence-corrected chi connectivity index (χ4v) is 6.28. The lowest BCUT2D eigenvalue weighted by atomic mass is 9.92. The van der Waals surface area contributed by atoms with E-state index < -0.39 is 10.0 Å². The first-order valence-corrected chi connectivity index (χ1v) is 12.0. The molecule has 0 unspecified atom stereocenters. The number of carbonyl (C=O) groups excluding carboxylic acids is 2. The number of primary amides is 1. The summed E-state index contributed by atoms with van der Waals surface area (Å²) in [5.41, 5.74) is 5.73. The minimum absolute atomic E-state index is 0.0408. The van der Waals surface area contributed by atoms with Gasteiger partial charge in [0, 0.05) is 53.6 Å². The molecule has 2 aliphatic rings. The minimum Gasteiger partial charge on any atom is -0.369 e. The number of piperidine rings is 2. The highest BCUT2D eigenvalue weighted by molar-refractivity contribution is 7.88. The zero-order valence-electron chi connectivity index (χ0n) is 16.0. The molecule has 0 bridgehead atoms. The number of rotatable bonds is 5. The molecule has 10 heteroatoms. The molecule has 0 spiro atoms. The van der Waals surface area contributed by atoms with Crippen LogP contribution in [-0.2, 0) is 25.4 Å². The molecule has 0 aromatic heterocycles. The Hall–Kier alpha value is -1.35. The van der Waals surface area contributed by atoms with Gasteiger partial charge in [-0.05, 0) is 37.8 Å². The summed E-state index contributed by atoms with van der Waals surface area (Å²) in [5.74, 6) is -0.892. The van der Waals surface area contributed by atoms with E-state index in [1.165, 1.54) is 4.31 Å². The van der Waals surface area contributed by atoms with E-state index >= 15 is 0 Å². The first kappa shape index (κ1) is 22.3. The monoisotopic (exact) mass is 461 g/mol. The fraction of sp³-hybridized carbons (Fsp3) is 0.579. The standard InChI is InChI=1S/C19H25Cl2N3O4S/c20-16-2-1-3-17(21)15(16)12-29(27,28)24-10-6-14(7-11-24)19(26)23-8-4-13(5-9-23)18(22)25/h1-3,13-14H,4-12H2,(H2,22,25). The van der Waals surface area contributed by atoms with Crippen LogP contribution in [0.15, 0.2) is 18.2 Å². The van der Waals surface area contributed by atoms with Crippen molar-refractivity contribution >= 4 is 45.0 Å². The summed E-state index contributed by atoms with van der Waals surface area (Å²) in [6, 6.07) is 4.90. The third kappa shape index (κ3) is 5.23. The van der Waals surface area contributed by atoms with Crippen LogP contribution in [0.25, 0.3) is 0 Å². The second kappa shape index (κ2) is 9.20. The number of carbonyl (C=O) groups is 2. The Morgan fingerprint density at radius 3 is 2.00 bits per heavy atom. The molecular formula is C19H25Cl2N3O4S. The van der Waals surface area contributed by atoms with Gasteiger partial charge in [0.2, 0.25) is 21.8 Å². The topological polar surface area (TPSA) is 101 Å². The van der Waals surface area contributed by atoms with Gasteiger partial charge in [0.1, 0.15) is 0 Å². The van der Waals surface area contributed by atoms with E-state index in [4.69, 9.17) is 28.9 Å². The molecule has 3 rings (SSSR count). The predicted molar refractivity (Wildman–Crippen MR) is 112 cm³/mol. The fourth-order valence-electron chi connectivity index (χ4n) is 3.97. The van der Waals surface area contributed by atoms with Crippen molar-refractivity contribution in [1.82, 2.24) is 9.21 Å².